The van der Waals surface area contributed by atoms with Crippen LogP contribution in [0.4, 0.5) is 13.2 Å². The molecule has 0 unspecified atom stereocenters. The highest BCUT2D eigenvalue weighted by atomic mass is 19.4. The van der Waals surface area contributed by atoms with Crippen molar-refractivity contribution >= 4 is 5.91 Å². The highest BCUT2D eigenvalue weighted by Crippen LogP contribution is 2.22. The standard InChI is InChI=1S/C12H12F3N5O2/c1-19(11(21)7-20-8-16-17-18-20)6-9-2-4-10(5-3-9)22-12(13,14)15/h2-5,8H,6-7H2,1H3. The summed E-state index contributed by atoms with van der Waals surface area (Å²) in [6.45, 7) is 0.228. The summed E-state index contributed by atoms with van der Waals surface area (Å²) >= 11 is 0. The van der Waals surface area contributed by atoms with Gasteiger partial charge >= 0.3 is 6.36 Å². The Morgan fingerprint density at radius 3 is 2.55 bits per heavy atom. The van der Waals surface area contributed by atoms with Crippen molar-refractivity contribution in [1.82, 2.24) is 25.1 Å². The van der Waals surface area contributed by atoms with E-state index in [0.717, 1.165) is 0 Å². The Morgan fingerprint density at radius 1 is 1.32 bits per heavy atom. The minimum absolute atomic E-state index is 0.0151. The number of hydrogen-bond donors (Lipinski definition) is 0. The van der Waals surface area contributed by atoms with Crippen molar-refractivity contribution in [3.63, 3.8) is 0 Å². The number of alkyl halides is 3. The first-order valence-electron chi connectivity index (χ1n) is 6.13. The summed E-state index contributed by atoms with van der Waals surface area (Å²) in [6, 6.07) is 5.31. The van der Waals surface area contributed by atoms with Gasteiger partial charge in [0.1, 0.15) is 18.6 Å². The molecule has 0 saturated heterocycles. The van der Waals surface area contributed by atoms with Crippen molar-refractivity contribution in [3.05, 3.63) is 36.2 Å². The number of benzene rings is 1. The molecule has 22 heavy (non-hydrogen) atoms. The van der Waals surface area contributed by atoms with Crippen molar-refractivity contribution in [1.29, 1.82) is 0 Å². The second kappa shape index (κ2) is 6.41. The Labute approximate surface area is 123 Å². The smallest absolute Gasteiger partial charge is 0.406 e. The van der Waals surface area contributed by atoms with E-state index in [1.165, 1.54) is 40.2 Å². The van der Waals surface area contributed by atoms with Gasteiger partial charge in [-0.15, -0.1) is 18.3 Å². The van der Waals surface area contributed by atoms with Gasteiger partial charge in [0.05, 0.1) is 0 Å². The van der Waals surface area contributed by atoms with Gasteiger partial charge in [-0.2, -0.15) is 0 Å². The van der Waals surface area contributed by atoms with Crippen LogP contribution in [0.1, 0.15) is 5.56 Å². The molecule has 2 rings (SSSR count). The molecule has 7 nitrogen and oxygen atoms in total. The van der Waals surface area contributed by atoms with E-state index in [4.69, 9.17) is 0 Å². The second-order valence-corrected chi connectivity index (χ2v) is 4.45. The fraction of sp³-hybridized carbons (Fsp3) is 0.333. The molecule has 0 aliphatic heterocycles. The van der Waals surface area contributed by atoms with Gasteiger partial charge in [0.25, 0.3) is 0 Å². The lowest BCUT2D eigenvalue weighted by atomic mass is 10.2. The van der Waals surface area contributed by atoms with E-state index in [2.05, 4.69) is 20.3 Å². The summed E-state index contributed by atoms with van der Waals surface area (Å²) in [5.41, 5.74) is 0.669. The molecule has 0 spiro atoms. The quantitative estimate of drug-likeness (QED) is 0.830. The molecule has 1 heterocycles. The Hall–Kier alpha value is -2.65. The maximum Gasteiger partial charge on any atom is 0.573 e. The number of amides is 1. The van der Waals surface area contributed by atoms with E-state index in [1.807, 2.05) is 0 Å². The largest absolute Gasteiger partial charge is 0.573 e. The minimum Gasteiger partial charge on any atom is -0.406 e. The van der Waals surface area contributed by atoms with E-state index in [9.17, 15) is 18.0 Å². The molecule has 1 aromatic heterocycles. The minimum atomic E-state index is -4.72. The van der Waals surface area contributed by atoms with Crippen molar-refractivity contribution in [2.75, 3.05) is 7.05 Å². The second-order valence-electron chi connectivity index (χ2n) is 4.45. The topological polar surface area (TPSA) is 73.1 Å². The van der Waals surface area contributed by atoms with Crippen LogP contribution in [0.3, 0.4) is 0 Å². The van der Waals surface area contributed by atoms with E-state index < -0.39 is 6.36 Å². The summed E-state index contributed by atoms with van der Waals surface area (Å²) in [6.07, 6.45) is -3.41. The molecule has 0 aliphatic rings. The van der Waals surface area contributed by atoms with Crippen molar-refractivity contribution < 1.29 is 22.7 Å². The van der Waals surface area contributed by atoms with Gasteiger partial charge in [0.15, 0.2) is 0 Å². The van der Waals surface area contributed by atoms with Crippen molar-refractivity contribution in [2.24, 2.45) is 0 Å². The molecule has 0 fully saturated rings. The molecule has 0 aliphatic carbocycles. The first kappa shape index (κ1) is 15.7. The van der Waals surface area contributed by atoms with Gasteiger partial charge < -0.3 is 9.64 Å². The zero-order valence-electron chi connectivity index (χ0n) is 11.5. The Kier molecular flexibility index (Phi) is 4.59. The third-order valence-corrected chi connectivity index (χ3v) is 2.69. The van der Waals surface area contributed by atoms with Crippen LogP contribution in [0, 0.1) is 0 Å². The zero-order chi connectivity index (χ0) is 16.2. The number of aromatic nitrogens is 4. The number of likely N-dealkylation sites (N-methyl/N-ethyl adjacent to an activating group) is 1. The van der Waals surface area contributed by atoms with Crippen LogP contribution in [0.25, 0.3) is 0 Å². The Bertz CT molecular complexity index is 613. The third kappa shape index (κ3) is 4.72. The van der Waals surface area contributed by atoms with Gasteiger partial charge in [-0.3, -0.25) is 4.79 Å². The SMILES string of the molecule is CN(Cc1ccc(OC(F)(F)F)cc1)C(=O)Cn1cnnn1. The Balaban J connectivity index is 1.91. The summed E-state index contributed by atoms with van der Waals surface area (Å²) in [4.78, 5) is 13.3. The number of carbonyl (C=O) groups is 1. The molecule has 0 radical (unpaired) electrons. The lowest BCUT2D eigenvalue weighted by molar-refractivity contribution is -0.274. The van der Waals surface area contributed by atoms with Gasteiger partial charge in [-0.1, -0.05) is 12.1 Å². The fourth-order valence-corrected chi connectivity index (χ4v) is 1.67. The first-order valence-corrected chi connectivity index (χ1v) is 6.13. The van der Waals surface area contributed by atoms with Gasteiger partial charge in [-0.05, 0) is 28.1 Å². The average Bonchev–Trinajstić information content (AvgIpc) is 2.92. The maximum atomic E-state index is 12.0. The summed E-state index contributed by atoms with van der Waals surface area (Å²) in [7, 11) is 1.58. The molecule has 1 aromatic carbocycles. The maximum absolute atomic E-state index is 12.0. The van der Waals surface area contributed by atoms with Gasteiger partial charge in [0, 0.05) is 13.6 Å². The van der Waals surface area contributed by atoms with E-state index >= 15 is 0 Å². The van der Waals surface area contributed by atoms with Crippen LogP contribution in [0.15, 0.2) is 30.6 Å². The average molecular weight is 315 g/mol. The number of carbonyl (C=O) groups excluding carboxylic acids is 1. The zero-order valence-corrected chi connectivity index (χ0v) is 11.5. The number of rotatable bonds is 5. The van der Waals surface area contributed by atoms with Crippen LogP contribution in [0.2, 0.25) is 0 Å². The monoisotopic (exact) mass is 315 g/mol. The molecular formula is C12H12F3N5O2. The van der Waals surface area contributed by atoms with Crippen molar-refractivity contribution in [2.45, 2.75) is 19.5 Å². The molecule has 0 atom stereocenters. The van der Waals surface area contributed by atoms with Crippen LogP contribution in [-0.2, 0) is 17.9 Å². The normalized spacial score (nSPS) is 11.3. The molecular weight excluding hydrogens is 303 g/mol. The fourth-order valence-electron chi connectivity index (χ4n) is 1.67. The summed E-state index contributed by atoms with van der Waals surface area (Å²) < 4.78 is 41.2. The molecule has 2 aromatic rings. The van der Waals surface area contributed by atoms with Crippen LogP contribution in [0.5, 0.6) is 5.75 Å². The molecule has 10 heteroatoms. The van der Waals surface area contributed by atoms with E-state index in [1.54, 1.807) is 7.05 Å². The lowest BCUT2D eigenvalue weighted by Gasteiger charge is -2.17. The molecule has 0 N–H and O–H groups in total. The molecule has 118 valence electrons. The van der Waals surface area contributed by atoms with E-state index in [0.29, 0.717) is 5.56 Å². The number of hydrogen-bond acceptors (Lipinski definition) is 5. The molecule has 1 amide bonds. The number of nitrogens with zero attached hydrogens (tertiary/aromatic N) is 5. The van der Waals surface area contributed by atoms with Gasteiger partial charge in [0.2, 0.25) is 5.91 Å². The van der Waals surface area contributed by atoms with Gasteiger partial charge in [-0.25, -0.2) is 4.68 Å². The van der Waals surface area contributed by atoms with Crippen LogP contribution < -0.4 is 4.74 Å². The number of tetrazole rings is 1. The predicted octanol–water partition coefficient (Wildman–Crippen LogP) is 1.23. The third-order valence-electron chi connectivity index (χ3n) is 2.69. The molecule has 0 bridgehead atoms. The molecule has 0 saturated carbocycles. The first-order chi connectivity index (χ1) is 10.3. The highest BCUT2D eigenvalue weighted by molar-refractivity contribution is 5.75. The lowest BCUT2D eigenvalue weighted by Crippen LogP contribution is -2.30. The predicted molar refractivity (Wildman–Crippen MR) is 67.4 cm³/mol. The number of halogens is 3. The highest BCUT2D eigenvalue weighted by Gasteiger charge is 2.30. The Morgan fingerprint density at radius 2 is 2.00 bits per heavy atom. The van der Waals surface area contributed by atoms with E-state index in [-0.39, 0.29) is 24.7 Å². The van der Waals surface area contributed by atoms with Crippen LogP contribution in [-0.4, -0.2) is 44.4 Å². The van der Waals surface area contributed by atoms with Crippen LogP contribution >= 0.6 is 0 Å². The van der Waals surface area contributed by atoms with Crippen molar-refractivity contribution in [3.8, 4) is 5.75 Å². The summed E-state index contributed by atoms with van der Waals surface area (Å²) in [5, 5.41) is 10.4. The summed E-state index contributed by atoms with van der Waals surface area (Å²) in [5.74, 6) is -0.540. The number of ether oxygens (including phenoxy) is 1.